The lowest BCUT2D eigenvalue weighted by molar-refractivity contribution is -0.130. The van der Waals surface area contributed by atoms with Gasteiger partial charge in [0.15, 0.2) is 0 Å². The Labute approximate surface area is 115 Å². The SMILES string of the molecule is CC(N)CC(=O)N(C)Cc1ccc(OC(C)C)cc1. The first kappa shape index (κ1) is 15.5. The molecule has 1 rings (SSSR count). The fraction of sp³-hybridized carbons (Fsp3) is 0.533. The molecule has 0 spiro atoms. The highest BCUT2D eigenvalue weighted by Crippen LogP contribution is 2.15. The van der Waals surface area contributed by atoms with Gasteiger partial charge in [0, 0.05) is 26.1 Å². The summed E-state index contributed by atoms with van der Waals surface area (Å²) in [6.07, 6.45) is 0.548. The summed E-state index contributed by atoms with van der Waals surface area (Å²) in [4.78, 5) is 13.5. The van der Waals surface area contributed by atoms with Gasteiger partial charge in [0.05, 0.1) is 6.10 Å². The van der Waals surface area contributed by atoms with Crippen LogP contribution in [0.1, 0.15) is 32.8 Å². The van der Waals surface area contributed by atoms with Crippen molar-refractivity contribution < 1.29 is 9.53 Å². The minimum absolute atomic E-state index is 0.0671. The largest absolute Gasteiger partial charge is 0.491 e. The molecule has 1 aromatic rings. The van der Waals surface area contributed by atoms with E-state index in [-0.39, 0.29) is 18.1 Å². The second-order valence-electron chi connectivity index (χ2n) is 5.24. The number of hydrogen-bond acceptors (Lipinski definition) is 3. The van der Waals surface area contributed by atoms with E-state index in [1.807, 2.05) is 45.0 Å². The molecule has 4 heteroatoms. The number of benzene rings is 1. The third-order valence-electron chi connectivity index (χ3n) is 2.64. The summed E-state index contributed by atoms with van der Waals surface area (Å²) < 4.78 is 5.58. The maximum absolute atomic E-state index is 11.8. The molecule has 0 aromatic heterocycles. The summed E-state index contributed by atoms with van der Waals surface area (Å²) in [5.74, 6) is 0.917. The molecule has 0 saturated carbocycles. The zero-order chi connectivity index (χ0) is 14.4. The van der Waals surface area contributed by atoms with Gasteiger partial charge in [-0.05, 0) is 38.5 Å². The molecule has 4 nitrogen and oxygen atoms in total. The zero-order valence-electron chi connectivity index (χ0n) is 12.2. The van der Waals surface area contributed by atoms with Crippen LogP contribution in [0.25, 0.3) is 0 Å². The van der Waals surface area contributed by atoms with Gasteiger partial charge in [-0.25, -0.2) is 0 Å². The van der Waals surface area contributed by atoms with Gasteiger partial charge in [-0.1, -0.05) is 12.1 Å². The summed E-state index contributed by atoms with van der Waals surface area (Å²) in [6.45, 7) is 6.42. The number of amides is 1. The first-order chi connectivity index (χ1) is 8.88. The highest BCUT2D eigenvalue weighted by molar-refractivity contribution is 5.76. The van der Waals surface area contributed by atoms with Crippen LogP contribution in [-0.4, -0.2) is 30.0 Å². The number of nitrogens with zero attached hydrogens (tertiary/aromatic N) is 1. The average molecular weight is 264 g/mol. The molecule has 0 aliphatic heterocycles. The number of rotatable bonds is 6. The van der Waals surface area contributed by atoms with E-state index >= 15 is 0 Å². The van der Waals surface area contributed by atoms with E-state index in [9.17, 15) is 4.79 Å². The lowest BCUT2D eigenvalue weighted by Gasteiger charge is -2.18. The van der Waals surface area contributed by atoms with Crippen LogP contribution in [0.5, 0.6) is 5.75 Å². The Morgan fingerprint density at radius 3 is 2.32 bits per heavy atom. The van der Waals surface area contributed by atoms with Gasteiger partial charge in [-0.15, -0.1) is 0 Å². The molecule has 0 saturated heterocycles. The molecule has 0 bridgehead atoms. The second-order valence-corrected chi connectivity index (χ2v) is 5.24. The summed E-state index contributed by atoms with van der Waals surface area (Å²) in [7, 11) is 1.79. The van der Waals surface area contributed by atoms with Gasteiger partial charge in [0.25, 0.3) is 0 Å². The molecular formula is C15H24N2O2. The second kappa shape index (κ2) is 7.14. The van der Waals surface area contributed by atoms with Crippen LogP contribution < -0.4 is 10.5 Å². The minimum atomic E-state index is -0.100. The highest BCUT2D eigenvalue weighted by atomic mass is 16.5. The fourth-order valence-corrected chi connectivity index (χ4v) is 1.74. The summed E-state index contributed by atoms with van der Waals surface area (Å²) in [5.41, 5.74) is 6.71. The van der Waals surface area contributed by atoms with Crippen molar-refractivity contribution in [1.29, 1.82) is 0 Å². The van der Waals surface area contributed by atoms with Gasteiger partial charge in [0.1, 0.15) is 5.75 Å². The fourth-order valence-electron chi connectivity index (χ4n) is 1.74. The number of nitrogens with two attached hydrogens (primary N) is 1. The van der Waals surface area contributed by atoms with Gasteiger partial charge >= 0.3 is 0 Å². The summed E-state index contributed by atoms with van der Waals surface area (Å²) in [5, 5.41) is 0. The molecule has 1 unspecified atom stereocenters. The Bertz CT molecular complexity index is 399. The Hall–Kier alpha value is -1.55. The monoisotopic (exact) mass is 264 g/mol. The van der Waals surface area contributed by atoms with E-state index < -0.39 is 0 Å². The van der Waals surface area contributed by atoms with Crippen LogP contribution in [0.3, 0.4) is 0 Å². The Morgan fingerprint density at radius 1 is 1.26 bits per heavy atom. The molecule has 1 amide bonds. The first-order valence-electron chi connectivity index (χ1n) is 6.63. The van der Waals surface area contributed by atoms with Crippen LogP contribution in [-0.2, 0) is 11.3 Å². The highest BCUT2D eigenvalue weighted by Gasteiger charge is 2.11. The average Bonchev–Trinajstić information content (AvgIpc) is 2.30. The Kier molecular flexibility index (Phi) is 5.83. The molecule has 106 valence electrons. The third-order valence-corrected chi connectivity index (χ3v) is 2.64. The lowest BCUT2D eigenvalue weighted by atomic mass is 10.2. The van der Waals surface area contributed by atoms with E-state index in [0.29, 0.717) is 13.0 Å². The molecular weight excluding hydrogens is 240 g/mol. The molecule has 0 radical (unpaired) electrons. The summed E-state index contributed by atoms with van der Waals surface area (Å²) in [6, 6.07) is 7.72. The summed E-state index contributed by atoms with van der Waals surface area (Å²) >= 11 is 0. The predicted octanol–water partition coefficient (Wildman–Crippen LogP) is 2.17. The van der Waals surface area contributed by atoms with Gasteiger partial charge < -0.3 is 15.4 Å². The third kappa shape index (κ3) is 5.75. The van der Waals surface area contributed by atoms with Crippen molar-refractivity contribution in [2.45, 2.75) is 45.9 Å². The molecule has 0 heterocycles. The van der Waals surface area contributed by atoms with Crippen LogP contribution in [0.2, 0.25) is 0 Å². The van der Waals surface area contributed by atoms with E-state index in [2.05, 4.69) is 0 Å². The number of carbonyl (C=O) groups excluding carboxylic acids is 1. The van der Waals surface area contributed by atoms with Gasteiger partial charge in [0.2, 0.25) is 5.91 Å². The van der Waals surface area contributed by atoms with E-state index in [4.69, 9.17) is 10.5 Å². The topological polar surface area (TPSA) is 55.6 Å². The van der Waals surface area contributed by atoms with Gasteiger partial charge in [-0.3, -0.25) is 4.79 Å². The number of ether oxygens (including phenoxy) is 1. The minimum Gasteiger partial charge on any atom is -0.491 e. The molecule has 19 heavy (non-hydrogen) atoms. The smallest absolute Gasteiger partial charge is 0.224 e. The maximum atomic E-state index is 11.8. The van der Waals surface area contributed by atoms with E-state index in [0.717, 1.165) is 11.3 Å². The van der Waals surface area contributed by atoms with Crippen LogP contribution >= 0.6 is 0 Å². The van der Waals surface area contributed by atoms with E-state index in [1.165, 1.54) is 0 Å². The van der Waals surface area contributed by atoms with Crippen molar-refractivity contribution >= 4 is 5.91 Å². The van der Waals surface area contributed by atoms with E-state index in [1.54, 1.807) is 11.9 Å². The van der Waals surface area contributed by atoms with Crippen molar-refractivity contribution in [2.75, 3.05) is 7.05 Å². The lowest BCUT2D eigenvalue weighted by Crippen LogP contribution is -2.31. The van der Waals surface area contributed by atoms with Crippen LogP contribution in [0.4, 0.5) is 0 Å². The Morgan fingerprint density at radius 2 is 1.84 bits per heavy atom. The maximum Gasteiger partial charge on any atom is 0.224 e. The zero-order valence-corrected chi connectivity index (χ0v) is 12.2. The number of hydrogen-bond donors (Lipinski definition) is 1. The standard InChI is InChI=1S/C15H24N2O2/c1-11(2)19-14-7-5-13(6-8-14)10-17(4)15(18)9-12(3)16/h5-8,11-12H,9-10,16H2,1-4H3. The van der Waals surface area contributed by atoms with Crippen molar-refractivity contribution in [3.05, 3.63) is 29.8 Å². The molecule has 0 fully saturated rings. The van der Waals surface area contributed by atoms with Crippen molar-refractivity contribution in [1.82, 2.24) is 4.90 Å². The predicted molar refractivity (Wildman–Crippen MR) is 76.9 cm³/mol. The Balaban J connectivity index is 2.55. The van der Waals surface area contributed by atoms with Crippen LogP contribution in [0, 0.1) is 0 Å². The number of carbonyl (C=O) groups is 1. The van der Waals surface area contributed by atoms with Crippen LogP contribution in [0.15, 0.2) is 24.3 Å². The molecule has 2 N–H and O–H groups in total. The molecule has 0 aliphatic rings. The molecule has 1 atom stereocenters. The normalized spacial score (nSPS) is 12.3. The van der Waals surface area contributed by atoms with Gasteiger partial charge in [-0.2, -0.15) is 0 Å². The van der Waals surface area contributed by atoms with Crippen molar-refractivity contribution in [3.63, 3.8) is 0 Å². The molecule has 1 aromatic carbocycles. The van der Waals surface area contributed by atoms with Crippen molar-refractivity contribution in [2.24, 2.45) is 5.73 Å². The first-order valence-corrected chi connectivity index (χ1v) is 6.63. The molecule has 0 aliphatic carbocycles. The quantitative estimate of drug-likeness (QED) is 0.856. The van der Waals surface area contributed by atoms with Crippen molar-refractivity contribution in [3.8, 4) is 5.75 Å².